The summed E-state index contributed by atoms with van der Waals surface area (Å²) in [5.74, 6) is -0.337. The Balaban J connectivity index is 2.18. The van der Waals surface area contributed by atoms with Crippen molar-refractivity contribution < 1.29 is 14.5 Å². The Kier molecular flexibility index (Phi) is 6.01. The van der Waals surface area contributed by atoms with E-state index in [-0.39, 0.29) is 29.2 Å². The molecular formula is C17H25N5O4. The molecule has 1 N–H and O–H groups in total. The summed E-state index contributed by atoms with van der Waals surface area (Å²) in [6, 6.07) is 4.39. The molecule has 0 spiro atoms. The molecule has 1 heterocycles. The first-order valence-electron chi connectivity index (χ1n) is 8.51. The van der Waals surface area contributed by atoms with Crippen LogP contribution in [-0.4, -0.2) is 73.0 Å². The normalized spacial score (nSPS) is 14.3. The van der Waals surface area contributed by atoms with Crippen LogP contribution in [0, 0.1) is 10.1 Å². The fraction of sp³-hybridized carbons (Fsp3) is 0.529. The molecule has 26 heavy (non-hydrogen) atoms. The summed E-state index contributed by atoms with van der Waals surface area (Å²) in [7, 11) is 3.39. The number of amides is 3. The van der Waals surface area contributed by atoms with Crippen LogP contribution < -0.4 is 10.2 Å². The number of carbonyl (C=O) groups excluding carboxylic acids is 2. The van der Waals surface area contributed by atoms with E-state index in [0.717, 1.165) is 0 Å². The largest absolute Gasteiger partial charge is 0.362 e. The molecule has 1 aromatic rings. The molecule has 1 aliphatic heterocycles. The fourth-order valence-corrected chi connectivity index (χ4v) is 2.85. The second-order valence-electron chi connectivity index (χ2n) is 6.74. The van der Waals surface area contributed by atoms with Crippen LogP contribution in [0.25, 0.3) is 0 Å². The lowest BCUT2D eigenvalue weighted by Crippen LogP contribution is -2.51. The van der Waals surface area contributed by atoms with Crippen molar-refractivity contribution >= 4 is 23.3 Å². The Hall–Kier alpha value is -2.84. The number of anilines is 1. The molecule has 9 heteroatoms. The maximum Gasteiger partial charge on any atom is 0.319 e. The Morgan fingerprint density at radius 3 is 2.31 bits per heavy atom. The van der Waals surface area contributed by atoms with Gasteiger partial charge in [-0.25, -0.2) is 4.79 Å². The van der Waals surface area contributed by atoms with Crippen molar-refractivity contribution in [2.45, 2.75) is 19.9 Å². The number of nitro benzene ring substituents is 1. The third kappa shape index (κ3) is 4.41. The van der Waals surface area contributed by atoms with Crippen LogP contribution >= 0.6 is 0 Å². The Morgan fingerprint density at radius 1 is 1.19 bits per heavy atom. The first-order chi connectivity index (χ1) is 12.2. The van der Waals surface area contributed by atoms with Crippen molar-refractivity contribution in [1.29, 1.82) is 0 Å². The van der Waals surface area contributed by atoms with Gasteiger partial charge in [-0.2, -0.15) is 0 Å². The van der Waals surface area contributed by atoms with Crippen LogP contribution in [0.1, 0.15) is 24.2 Å². The zero-order valence-corrected chi connectivity index (χ0v) is 15.6. The molecule has 1 aromatic carbocycles. The summed E-state index contributed by atoms with van der Waals surface area (Å²) in [6.45, 7) is 5.63. The van der Waals surface area contributed by atoms with Crippen molar-refractivity contribution in [3.63, 3.8) is 0 Å². The van der Waals surface area contributed by atoms with E-state index < -0.39 is 4.92 Å². The van der Waals surface area contributed by atoms with Crippen molar-refractivity contribution in [2.75, 3.05) is 45.2 Å². The van der Waals surface area contributed by atoms with E-state index in [9.17, 15) is 19.7 Å². The molecule has 0 aromatic heterocycles. The number of rotatable bonds is 4. The van der Waals surface area contributed by atoms with Crippen molar-refractivity contribution in [2.24, 2.45) is 0 Å². The van der Waals surface area contributed by atoms with Gasteiger partial charge in [0.15, 0.2) is 0 Å². The topological polar surface area (TPSA) is 99.0 Å². The van der Waals surface area contributed by atoms with Gasteiger partial charge in [0.2, 0.25) is 0 Å². The van der Waals surface area contributed by atoms with E-state index >= 15 is 0 Å². The van der Waals surface area contributed by atoms with Crippen molar-refractivity contribution in [3.8, 4) is 0 Å². The summed E-state index contributed by atoms with van der Waals surface area (Å²) in [4.78, 5) is 40.2. The zero-order valence-electron chi connectivity index (χ0n) is 15.6. The summed E-state index contributed by atoms with van der Waals surface area (Å²) in [6.07, 6.45) is 0. The van der Waals surface area contributed by atoms with Gasteiger partial charge in [0.25, 0.3) is 11.6 Å². The SMILES string of the molecule is CC(C)NC(=O)c1ccc(N2CCN(C(=O)N(C)C)CC2)c([N+](=O)[O-])c1. The quantitative estimate of drug-likeness (QED) is 0.646. The summed E-state index contributed by atoms with van der Waals surface area (Å²) < 4.78 is 0. The van der Waals surface area contributed by atoms with E-state index in [1.54, 1.807) is 31.1 Å². The Morgan fingerprint density at radius 2 is 1.81 bits per heavy atom. The third-order valence-corrected chi connectivity index (χ3v) is 4.13. The monoisotopic (exact) mass is 363 g/mol. The van der Waals surface area contributed by atoms with Gasteiger partial charge in [0.05, 0.1) is 4.92 Å². The van der Waals surface area contributed by atoms with Crippen LogP contribution in [0.5, 0.6) is 0 Å². The lowest BCUT2D eigenvalue weighted by molar-refractivity contribution is -0.384. The lowest BCUT2D eigenvalue weighted by atomic mass is 10.1. The minimum atomic E-state index is -0.473. The average molecular weight is 363 g/mol. The first-order valence-corrected chi connectivity index (χ1v) is 8.51. The van der Waals surface area contributed by atoms with E-state index in [1.165, 1.54) is 11.0 Å². The predicted octanol–water partition coefficient (Wildman–Crippen LogP) is 1.54. The highest BCUT2D eigenvalue weighted by Gasteiger charge is 2.27. The maximum atomic E-state index is 12.1. The molecule has 0 radical (unpaired) electrons. The van der Waals surface area contributed by atoms with Gasteiger partial charge in [0.1, 0.15) is 5.69 Å². The molecule has 1 saturated heterocycles. The van der Waals surface area contributed by atoms with Gasteiger partial charge in [-0.15, -0.1) is 0 Å². The second kappa shape index (κ2) is 8.03. The van der Waals surface area contributed by atoms with Gasteiger partial charge in [-0.05, 0) is 26.0 Å². The molecule has 1 fully saturated rings. The van der Waals surface area contributed by atoms with E-state index in [1.807, 2.05) is 18.7 Å². The second-order valence-corrected chi connectivity index (χ2v) is 6.74. The summed E-state index contributed by atoms with van der Waals surface area (Å²) in [5.41, 5.74) is 0.623. The molecule has 0 unspecified atom stereocenters. The predicted molar refractivity (Wildman–Crippen MR) is 98.6 cm³/mol. The highest BCUT2D eigenvalue weighted by Crippen LogP contribution is 2.30. The number of hydrogen-bond donors (Lipinski definition) is 1. The molecule has 0 bridgehead atoms. The van der Waals surface area contributed by atoms with E-state index in [2.05, 4.69) is 5.32 Å². The number of nitrogens with zero attached hydrogens (tertiary/aromatic N) is 4. The molecule has 142 valence electrons. The molecule has 1 aliphatic rings. The number of benzene rings is 1. The number of piperazine rings is 1. The highest BCUT2D eigenvalue weighted by molar-refractivity contribution is 5.96. The summed E-state index contributed by atoms with van der Waals surface area (Å²) >= 11 is 0. The minimum Gasteiger partial charge on any atom is -0.362 e. The number of urea groups is 1. The molecule has 3 amide bonds. The third-order valence-electron chi connectivity index (χ3n) is 4.13. The first kappa shape index (κ1) is 19.5. The van der Waals surface area contributed by atoms with Crippen LogP contribution in [-0.2, 0) is 0 Å². The Labute approximate surface area is 152 Å². The fourth-order valence-electron chi connectivity index (χ4n) is 2.85. The highest BCUT2D eigenvalue weighted by atomic mass is 16.6. The smallest absolute Gasteiger partial charge is 0.319 e. The van der Waals surface area contributed by atoms with Crippen LogP contribution in [0.4, 0.5) is 16.2 Å². The van der Waals surface area contributed by atoms with Crippen LogP contribution in [0.2, 0.25) is 0 Å². The molecule has 2 rings (SSSR count). The molecule has 0 aliphatic carbocycles. The number of nitro groups is 1. The minimum absolute atomic E-state index is 0.0523. The summed E-state index contributed by atoms with van der Waals surface area (Å²) in [5, 5.41) is 14.2. The van der Waals surface area contributed by atoms with Gasteiger partial charge in [-0.3, -0.25) is 14.9 Å². The number of hydrogen-bond acceptors (Lipinski definition) is 5. The van der Waals surface area contributed by atoms with Gasteiger partial charge < -0.3 is 20.0 Å². The van der Waals surface area contributed by atoms with Crippen LogP contribution in [0.15, 0.2) is 18.2 Å². The molecule has 9 nitrogen and oxygen atoms in total. The van der Waals surface area contributed by atoms with Crippen molar-refractivity contribution in [1.82, 2.24) is 15.1 Å². The maximum absolute atomic E-state index is 12.1. The van der Waals surface area contributed by atoms with Crippen LogP contribution in [0.3, 0.4) is 0 Å². The number of nitrogens with one attached hydrogen (secondary N) is 1. The van der Waals surface area contributed by atoms with Gasteiger partial charge >= 0.3 is 6.03 Å². The molecule has 0 saturated carbocycles. The Bertz CT molecular complexity index is 696. The standard InChI is InChI=1S/C17H25N5O4/c1-12(2)18-16(23)13-5-6-14(15(11-13)22(25)26)20-7-9-21(10-8-20)17(24)19(3)4/h5-6,11-12H,7-10H2,1-4H3,(H,18,23). The van der Waals surface area contributed by atoms with Gasteiger partial charge in [0, 0.05) is 57.9 Å². The van der Waals surface area contributed by atoms with Gasteiger partial charge in [-0.1, -0.05) is 0 Å². The average Bonchev–Trinajstić information content (AvgIpc) is 2.60. The number of carbonyl (C=O) groups is 2. The molecular weight excluding hydrogens is 338 g/mol. The van der Waals surface area contributed by atoms with Crippen molar-refractivity contribution in [3.05, 3.63) is 33.9 Å². The lowest BCUT2D eigenvalue weighted by Gasteiger charge is -2.36. The van der Waals surface area contributed by atoms with E-state index in [0.29, 0.717) is 31.9 Å². The molecule has 0 atom stereocenters. The zero-order chi connectivity index (χ0) is 19.4. The van der Waals surface area contributed by atoms with E-state index in [4.69, 9.17) is 0 Å².